The summed E-state index contributed by atoms with van der Waals surface area (Å²) in [7, 11) is 3.17. The molecule has 28 heavy (non-hydrogen) atoms. The van der Waals surface area contributed by atoms with Gasteiger partial charge in [0.05, 0.1) is 19.7 Å². The fourth-order valence-corrected chi connectivity index (χ4v) is 3.85. The van der Waals surface area contributed by atoms with Crippen LogP contribution in [0.1, 0.15) is 15.7 Å². The minimum absolute atomic E-state index is 0. The molecule has 1 aromatic carbocycles. The van der Waals surface area contributed by atoms with E-state index in [9.17, 15) is 4.79 Å². The Morgan fingerprint density at radius 1 is 1.18 bits per heavy atom. The summed E-state index contributed by atoms with van der Waals surface area (Å²) in [5, 5.41) is 6.02. The molecular formula is C19H19Cl2N3O3S. The number of benzene rings is 1. The zero-order chi connectivity index (χ0) is 18.1. The van der Waals surface area contributed by atoms with Crippen molar-refractivity contribution in [2.75, 3.05) is 14.2 Å². The van der Waals surface area contributed by atoms with Crippen LogP contribution in [-0.2, 0) is 0 Å². The van der Waals surface area contributed by atoms with Crippen molar-refractivity contribution in [2.24, 2.45) is 0 Å². The molecule has 1 aliphatic heterocycles. The van der Waals surface area contributed by atoms with Crippen LogP contribution in [0.3, 0.4) is 0 Å². The zero-order valence-electron chi connectivity index (χ0n) is 15.1. The summed E-state index contributed by atoms with van der Waals surface area (Å²) in [6.07, 6.45) is 5.29. The van der Waals surface area contributed by atoms with Crippen LogP contribution < -0.4 is 14.8 Å². The lowest BCUT2D eigenvalue weighted by Crippen LogP contribution is -2.23. The summed E-state index contributed by atoms with van der Waals surface area (Å²) >= 11 is 1.56. The second kappa shape index (κ2) is 9.23. The van der Waals surface area contributed by atoms with Crippen LogP contribution in [0, 0.1) is 0 Å². The number of methoxy groups -OCH3 is 2. The summed E-state index contributed by atoms with van der Waals surface area (Å²) in [4.78, 5) is 17.1. The van der Waals surface area contributed by atoms with E-state index in [0.717, 1.165) is 16.5 Å². The first-order valence-electron chi connectivity index (χ1n) is 8.01. The number of aromatic nitrogens is 2. The number of allylic oxidation sites excluding steroid dienone is 1. The molecule has 1 N–H and O–H groups in total. The number of ether oxygens (including phenoxy) is 2. The first-order chi connectivity index (χ1) is 12.7. The van der Waals surface area contributed by atoms with Crippen molar-refractivity contribution in [1.29, 1.82) is 0 Å². The number of pyridine rings is 1. The van der Waals surface area contributed by atoms with E-state index in [-0.39, 0.29) is 36.1 Å². The van der Waals surface area contributed by atoms with Crippen molar-refractivity contribution in [3.8, 4) is 11.5 Å². The number of halogens is 2. The zero-order valence-corrected chi connectivity index (χ0v) is 17.6. The Morgan fingerprint density at radius 3 is 2.61 bits per heavy atom. The van der Waals surface area contributed by atoms with Gasteiger partial charge in [0.15, 0.2) is 11.5 Å². The number of thioether (sulfide) groups is 1. The van der Waals surface area contributed by atoms with E-state index in [4.69, 9.17) is 9.47 Å². The minimum Gasteiger partial charge on any atom is -0.493 e. The molecule has 148 valence electrons. The number of nitrogens with zero attached hydrogens (tertiary/aromatic N) is 2. The van der Waals surface area contributed by atoms with E-state index in [1.807, 2.05) is 35.7 Å². The van der Waals surface area contributed by atoms with Gasteiger partial charge in [-0.05, 0) is 18.2 Å². The predicted octanol–water partition coefficient (Wildman–Crippen LogP) is 4.41. The predicted molar refractivity (Wildman–Crippen MR) is 116 cm³/mol. The van der Waals surface area contributed by atoms with Gasteiger partial charge in [0.2, 0.25) is 0 Å². The summed E-state index contributed by atoms with van der Waals surface area (Å²) in [6, 6.07) is 9.43. The first kappa shape index (κ1) is 21.9. The van der Waals surface area contributed by atoms with Crippen molar-refractivity contribution in [1.82, 2.24) is 14.9 Å². The Morgan fingerprint density at radius 2 is 1.93 bits per heavy atom. The monoisotopic (exact) mass is 439 g/mol. The van der Waals surface area contributed by atoms with E-state index < -0.39 is 0 Å². The number of hydrogen-bond acceptors (Lipinski definition) is 6. The van der Waals surface area contributed by atoms with Gasteiger partial charge < -0.3 is 14.8 Å². The van der Waals surface area contributed by atoms with Crippen molar-refractivity contribution >= 4 is 53.4 Å². The highest BCUT2D eigenvalue weighted by atomic mass is 35.5. The molecule has 3 heterocycles. The van der Waals surface area contributed by atoms with E-state index in [1.54, 1.807) is 49.1 Å². The molecule has 3 aromatic rings. The smallest absolute Gasteiger partial charge is 0.279 e. The molecular weight excluding hydrogens is 421 g/mol. The van der Waals surface area contributed by atoms with Gasteiger partial charge in [0.1, 0.15) is 11.1 Å². The van der Waals surface area contributed by atoms with E-state index in [1.165, 1.54) is 0 Å². The molecule has 1 atom stereocenters. The van der Waals surface area contributed by atoms with Gasteiger partial charge >= 0.3 is 0 Å². The maximum absolute atomic E-state index is 13.0. The maximum Gasteiger partial charge on any atom is 0.279 e. The van der Waals surface area contributed by atoms with Crippen LogP contribution in [0.15, 0.2) is 60.0 Å². The van der Waals surface area contributed by atoms with Crippen LogP contribution in [0.5, 0.6) is 11.5 Å². The number of nitrogens with one attached hydrogen (secondary N) is 1. The molecule has 0 saturated carbocycles. The Bertz CT molecular complexity index is 1010. The second-order valence-electron chi connectivity index (χ2n) is 5.74. The van der Waals surface area contributed by atoms with Crippen LogP contribution in [0.25, 0.3) is 10.9 Å². The molecule has 0 saturated heterocycles. The Hall–Kier alpha value is -2.35. The molecule has 1 unspecified atom stereocenters. The Labute approximate surface area is 179 Å². The highest BCUT2D eigenvalue weighted by Crippen LogP contribution is 2.36. The third kappa shape index (κ3) is 3.92. The van der Waals surface area contributed by atoms with Gasteiger partial charge in [-0.3, -0.25) is 14.3 Å². The highest BCUT2D eigenvalue weighted by molar-refractivity contribution is 8.02. The van der Waals surface area contributed by atoms with Crippen LogP contribution >= 0.6 is 36.6 Å². The van der Waals surface area contributed by atoms with E-state index >= 15 is 0 Å². The summed E-state index contributed by atoms with van der Waals surface area (Å²) in [5.74, 6) is 1.10. The van der Waals surface area contributed by atoms with Crippen LogP contribution in [0.4, 0.5) is 0 Å². The van der Waals surface area contributed by atoms with Crippen LogP contribution in [-0.4, -0.2) is 29.7 Å². The third-order valence-corrected chi connectivity index (χ3v) is 5.27. The molecule has 1 aliphatic rings. The SMILES string of the molecule is COc1cc2ccn(C(=O)C3=CSC(c4cccnc4)N3)c2cc1OC.Cl.Cl. The third-order valence-electron chi connectivity index (χ3n) is 4.24. The topological polar surface area (TPSA) is 65.4 Å². The quantitative estimate of drug-likeness (QED) is 0.648. The van der Waals surface area contributed by atoms with Gasteiger partial charge in [-0.25, -0.2) is 0 Å². The molecule has 0 fully saturated rings. The maximum atomic E-state index is 13.0. The molecule has 0 radical (unpaired) electrons. The molecule has 0 bridgehead atoms. The molecule has 9 heteroatoms. The van der Waals surface area contributed by atoms with Crippen molar-refractivity contribution in [2.45, 2.75) is 5.37 Å². The van der Waals surface area contributed by atoms with Crippen molar-refractivity contribution in [3.63, 3.8) is 0 Å². The molecule has 0 amide bonds. The number of hydrogen-bond donors (Lipinski definition) is 1. The highest BCUT2D eigenvalue weighted by Gasteiger charge is 2.25. The van der Waals surface area contributed by atoms with Gasteiger partial charge in [0.25, 0.3) is 5.91 Å². The minimum atomic E-state index is -0.119. The number of carbonyl (C=O) groups excluding carboxylic acids is 1. The fourth-order valence-electron chi connectivity index (χ4n) is 2.92. The van der Waals surface area contributed by atoms with Crippen molar-refractivity contribution < 1.29 is 14.3 Å². The lowest BCUT2D eigenvalue weighted by atomic mass is 10.2. The second-order valence-corrected chi connectivity index (χ2v) is 6.71. The van der Waals surface area contributed by atoms with Gasteiger partial charge in [-0.15, -0.1) is 36.6 Å². The average molecular weight is 440 g/mol. The first-order valence-corrected chi connectivity index (χ1v) is 8.95. The number of rotatable bonds is 4. The fraction of sp³-hybridized carbons (Fsp3) is 0.158. The van der Waals surface area contributed by atoms with E-state index in [0.29, 0.717) is 17.2 Å². The number of carbonyl (C=O) groups is 1. The van der Waals surface area contributed by atoms with E-state index in [2.05, 4.69) is 10.3 Å². The lowest BCUT2D eigenvalue weighted by molar-refractivity contribution is 0.0952. The standard InChI is InChI=1S/C19H17N3O3S.2ClH/c1-24-16-8-12-5-7-22(15(12)9-17(16)25-2)19(23)14-11-26-18(21-14)13-4-3-6-20-10-13;;/h3-11,18,21H,1-2H3;2*1H. The van der Waals surface area contributed by atoms with Gasteiger partial charge in [0, 0.05) is 41.0 Å². The average Bonchev–Trinajstić information content (AvgIpc) is 3.34. The molecule has 4 rings (SSSR count). The summed E-state index contributed by atoms with van der Waals surface area (Å²) < 4.78 is 12.3. The lowest BCUT2D eigenvalue weighted by Gasteiger charge is -2.13. The number of fused-ring (bicyclic) bond motifs is 1. The van der Waals surface area contributed by atoms with Crippen LogP contribution in [0.2, 0.25) is 0 Å². The van der Waals surface area contributed by atoms with Gasteiger partial charge in [-0.1, -0.05) is 6.07 Å². The molecule has 0 aliphatic carbocycles. The molecule has 6 nitrogen and oxygen atoms in total. The Kier molecular flexibility index (Phi) is 7.23. The normalized spacial score (nSPS) is 15.1. The summed E-state index contributed by atoms with van der Waals surface area (Å²) in [5.41, 5.74) is 2.35. The largest absolute Gasteiger partial charge is 0.493 e. The molecule has 2 aromatic heterocycles. The summed E-state index contributed by atoms with van der Waals surface area (Å²) in [6.45, 7) is 0. The van der Waals surface area contributed by atoms with Crippen molar-refractivity contribution in [3.05, 3.63) is 65.6 Å². The van der Waals surface area contributed by atoms with Gasteiger partial charge in [-0.2, -0.15) is 0 Å². The molecule has 0 spiro atoms. The Balaban J connectivity index is 0.00000140.